The lowest BCUT2D eigenvalue weighted by molar-refractivity contribution is -0.128. The Morgan fingerprint density at radius 2 is 1.89 bits per heavy atom. The molecule has 27 heavy (non-hydrogen) atoms. The Kier molecular flexibility index (Phi) is 8.81. The van der Waals surface area contributed by atoms with Crippen molar-refractivity contribution >= 4 is 40.9 Å². The molecule has 6 heteroatoms. The summed E-state index contributed by atoms with van der Waals surface area (Å²) in [5.74, 6) is 2.15. The number of amides is 1. The maximum absolute atomic E-state index is 12.4. The Morgan fingerprint density at radius 1 is 1.19 bits per heavy atom. The van der Waals surface area contributed by atoms with E-state index in [1.54, 1.807) is 11.8 Å². The van der Waals surface area contributed by atoms with E-state index in [4.69, 9.17) is 27.9 Å². The van der Waals surface area contributed by atoms with Gasteiger partial charge in [-0.25, -0.2) is 0 Å². The van der Waals surface area contributed by atoms with E-state index in [1.165, 1.54) is 5.56 Å². The molecule has 0 aliphatic carbocycles. The molecule has 0 aliphatic heterocycles. The van der Waals surface area contributed by atoms with Gasteiger partial charge in [-0.1, -0.05) is 53.9 Å². The zero-order chi connectivity index (χ0) is 19.8. The van der Waals surface area contributed by atoms with Crippen molar-refractivity contribution in [3.8, 4) is 5.75 Å². The van der Waals surface area contributed by atoms with Gasteiger partial charge < -0.3 is 10.1 Å². The molecule has 3 nitrogen and oxygen atoms in total. The molecule has 0 saturated carbocycles. The van der Waals surface area contributed by atoms with Crippen LogP contribution in [0, 0.1) is 13.8 Å². The molecule has 0 heterocycles. The lowest BCUT2D eigenvalue weighted by Gasteiger charge is -2.19. The molecular weight excluding hydrogens is 401 g/mol. The van der Waals surface area contributed by atoms with Crippen molar-refractivity contribution in [2.24, 2.45) is 0 Å². The van der Waals surface area contributed by atoms with E-state index < -0.39 is 6.10 Å². The highest BCUT2D eigenvalue weighted by Gasteiger charge is 2.18. The molecule has 0 bridgehead atoms. The smallest absolute Gasteiger partial charge is 0.261 e. The summed E-state index contributed by atoms with van der Waals surface area (Å²) in [6.07, 6.45) is 0.121. The maximum atomic E-state index is 12.4. The number of thioether (sulfide) groups is 1. The minimum atomic E-state index is -0.491. The van der Waals surface area contributed by atoms with Gasteiger partial charge in [0.1, 0.15) is 5.75 Å². The van der Waals surface area contributed by atoms with E-state index in [-0.39, 0.29) is 5.91 Å². The van der Waals surface area contributed by atoms with Crippen LogP contribution in [0.3, 0.4) is 0 Å². The summed E-state index contributed by atoms with van der Waals surface area (Å²) in [4.78, 5) is 12.4. The number of benzene rings is 2. The number of hydrogen-bond donors (Lipinski definition) is 1. The Bertz CT molecular complexity index is 763. The maximum Gasteiger partial charge on any atom is 0.261 e. The first-order chi connectivity index (χ1) is 12.9. The van der Waals surface area contributed by atoms with Crippen molar-refractivity contribution in [3.05, 3.63) is 63.1 Å². The van der Waals surface area contributed by atoms with E-state index in [0.29, 0.717) is 28.8 Å². The Hall–Kier alpha value is -1.36. The largest absolute Gasteiger partial charge is 0.480 e. The number of aryl methyl sites for hydroxylation is 2. The third kappa shape index (κ3) is 6.63. The molecule has 1 N–H and O–H groups in total. The van der Waals surface area contributed by atoms with Crippen molar-refractivity contribution in [2.75, 3.05) is 12.3 Å². The first-order valence-electron chi connectivity index (χ1n) is 8.94. The van der Waals surface area contributed by atoms with Gasteiger partial charge in [0.15, 0.2) is 6.10 Å². The minimum Gasteiger partial charge on any atom is -0.480 e. The first-order valence-corrected chi connectivity index (χ1v) is 10.9. The van der Waals surface area contributed by atoms with Crippen LogP contribution < -0.4 is 10.1 Å². The Labute approximate surface area is 175 Å². The molecule has 1 atom stereocenters. The third-order valence-electron chi connectivity index (χ3n) is 4.12. The van der Waals surface area contributed by atoms with Crippen LogP contribution in [0.5, 0.6) is 5.75 Å². The van der Waals surface area contributed by atoms with E-state index >= 15 is 0 Å². The quantitative estimate of drug-likeness (QED) is 0.514. The summed E-state index contributed by atoms with van der Waals surface area (Å²) in [5.41, 5.74) is 3.14. The van der Waals surface area contributed by atoms with Gasteiger partial charge in [-0.05, 0) is 49.6 Å². The standard InChI is InChI=1S/C21H25Cl2NO2S/c1-4-19(26-20-9-8-14(2)12-15(20)3)21(25)24-10-11-27-13-16-17(22)6-5-7-18(16)23/h5-9,12,19H,4,10-11,13H2,1-3H3,(H,24,25)/t19-/m1/s1. The highest BCUT2D eigenvalue weighted by molar-refractivity contribution is 7.98. The number of carbonyl (C=O) groups excluding carboxylic acids is 1. The molecule has 0 unspecified atom stereocenters. The summed E-state index contributed by atoms with van der Waals surface area (Å²) >= 11 is 14.0. The topological polar surface area (TPSA) is 38.3 Å². The number of rotatable bonds is 9. The summed E-state index contributed by atoms with van der Waals surface area (Å²) in [6.45, 7) is 6.54. The van der Waals surface area contributed by atoms with Crippen molar-refractivity contribution < 1.29 is 9.53 Å². The van der Waals surface area contributed by atoms with Crippen molar-refractivity contribution in [1.29, 1.82) is 0 Å². The van der Waals surface area contributed by atoms with E-state index in [9.17, 15) is 4.79 Å². The van der Waals surface area contributed by atoms with E-state index in [1.807, 2.05) is 51.1 Å². The van der Waals surface area contributed by atoms with Crippen LogP contribution in [-0.2, 0) is 10.5 Å². The van der Waals surface area contributed by atoms with Gasteiger partial charge in [-0.15, -0.1) is 0 Å². The highest BCUT2D eigenvalue weighted by Crippen LogP contribution is 2.28. The van der Waals surface area contributed by atoms with Crippen LogP contribution in [0.1, 0.15) is 30.0 Å². The molecule has 0 radical (unpaired) electrons. The number of nitrogens with one attached hydrogen (secondary N) is 1. The van der Waals surface area contributed by atoms with Crippen LogP contribution in [0.25, 0.3) is 0 Å². The van der Waals surface area contributed by atoms with Crippen molar-refractivity contribution in [1.82, 2.24) is 5.32 Å². The second kappa shape index (κ2) is 10.8. The SMILES string of the molecule is CC[C@@H](Oc1ccc(C)cc1C)C(=O)NCCSCc1c(Cl)cccc1Cl. The van der Waals surface area contributed by atoms with Gasteiger partial charge in [0.25, 0.3) is 5.91 Å². The number of hydrogen-bond acceptors (Lipinski definition) is 3. The van der Waals surface area contributed by atoms with Crippen LogP contribution in [0.4, 0.5) is 0 Å². The third-order valence-corrected chi connectivity index (χ3v) is 5.81. The molecule has 146 valence electrons. The fraction of sp³-hybridized carbons (Fsp3) is 0.381. The molecule has 0 fully saturated rings. The summed E-state index contributed by atoms with van der Waals surface area (Å²) < 4.78 is 5.92. The molecule has 2 aromatic rings. The molecule has 0 aromatic heterocycles. The number of carbonyl (C=O) groups is 1. The number of ether oxygens (including phenoxy) is 1. The van der Waals surface area contributed by atoms with Crippen LogP contribution in [0.2, 0.25) is 10.0 Å². The molecule has 2 rings (SSSR count). The van der Waals surface area contributed by atoms with Gasteiger partial charge in [0, 0.05) is 28.1 Å². The summed E-state index contributed by atoms with van der Waals surface area (Å²) in [7, 11) is 0. The molecule has 0 spiro atoms. The zero-order valence-corrected chi connectivity index (χ0v) is 18.2. The second-order valence-electron chi connectivity index (χ2n) is 6.33. The van der Waals surface area contributed by atoms with Crippen LogP contribution in [-0.4, -0.2) is 24.3 Å². The zero-order valence-electron chi connectivity index (χ0n) is 15.9. The predicted molar refractivity (Wildman–Crippen MR) is 116 cm³/mol. The minimum absolute atomic E-state index is 0.0890. The van der Waals surface area contributed by atoms with Gasteiger partial charge in [-0.2, -0.15) is 11.8 Å². The van der Waals surface area contributed by atoms with E-state index in [2.05, 4.69) is 11.4 Å². The Morgan fingerprint density at radius 3 is 2.52 bits per heavy atom. The Balaban J connectivity index is 1.78. The molecule has 2 aromatic carbocycles. The molecule has 1 amide bonds. The normalized spacial score (nSPS) is 11.9. The van der Waals surface area contributed by atoms with Gasteiger partial charge >= 0.3 is 0 Å². The van der Waals surface area contributed by atoms with Crippen LogP contribution in [0.15, 0.2) is 36.4 Å². The highest BCUT2D eigenvalue weighted by atomic mass is 35.5. The van der Waals surface area contributed by atoms with Gasteiger partial charge in [0.2, 0.25) is 0 Å². The summed E-state index contributed by atoms with van der Waals surface area (Å²) in [5, 5.41) is 4.30. The lowest BCUT2D eigenvalue weighted by Crippen LogP contribution is -2.39. The predicted octanol–water partition coefficient (Wildman–Crippen LogP) is 5.82. The molecule has 0 saturated heterocycles. The van der Waals surface area contributed by atoms with Gasteiger partial charge in [0.05, 0.1) is 0 Å². The van der Waals surface area contributed by atoms with Crippen LogP contribution >= 0.6 is 35.0 Å². The fourth-order valence-electron chi connectivity index (χ4n) is 2.61. The van der Waals surface area contributed by atoms with Gasteiger partial charge in [-0.3, -0.25) is 4.79 Å². The number of halogens is 2. The monoisotopic (exact) mass is 425 g/mol. The molecular formula is C21H25Cl2NO2S. The molecule has 0 aliphatic rings. The fourth-order valence-corrected chi connectivity index (χ4v) is 4.21. The first kappa shape index (κ1) is 21.9. The lowest BCUT2D eigenvalue weighted by atomic mass is 10.1. The average Bonchev–Trinajstić information content (AvgIpc) is 2.62. The second-order valence-corrected chi connectivity index (χ2v) is 8.25. The van der Waals surface area contributed by atoms with Crippen molar-refractivity contribution in [2.45, 2.75) is 39.0 Å². The summed E-state index contributed by atoms with van der Waals surface area (Å²) in [6, 6.07) is 11.5. The van der Waals surface area contributed by atoms with E-state index in [0.717, 1.165) is 22.6 Å². The van der Waals surface area contributed by atoms with Crippen molar-refractivity contribution in [3.63, 3.8) is 0 Å². The average molecular weight is 426 g/mol.